The second kappa shape index (κ2) is 7.21. The molecule has 0 aromatic carbocycles. The normalized spacial score (nSPS) is 17.8. The first-order chi connectivity index (χ1) is 12.0. The summed E-state index contributed by atoms with van der Waals surface area (Å²) in [6.45, 7) is 5.74. The highest BCUT2D eigenvalue weighted by molar-refractivity contribution is 5.92. The third-order valence-corrected chi connectivity index (χ3v) is 4.62. The highest BCUT2D eigenvalue weighted by atomic mass is 16.2. The molecular formula is C18H26N6O. The molecular weight excluding hydrogens is 316 g/mol. The number of carbonyl (C=O) groups is 1. The number of likely N-dealkylation sites (tertiary alicyclic amines) is 1. The third-order valence-electron chi connectivity index (χ3n) is 4.62. The van der Waals surface area contributed by atoms with Crippen molar-refractivity contribution in [3.05, 3.63) is 36.0 Å². The molecule has 1 fully saturated rings. The lowest BCUT2D eigenvalue weighted by Gasteiger charge is -2.34. The zero-order chi connectivity index (χ0) is 18.0. The number of hydrogen-bond acceptors (Lipinski definition) is 5. The van der Waals surface area contributed by atoms with Crippen molar-refractivity contribution >= 4 is 11.7 Å². The summed E-state index contributed by atoms with van der Waals surface area (Å²) in [4.78, 5) is 21.0. The van der Waals surface area contributed by atoms with E-state index in [4.69, 9.17) is 0 Å². The molecule has 0 aliphatic carbocycles. The Balaban J connectivity index is 1.74. The molecule has 25 heavy (non-hydrogen) atoms. The van der Waals surface area contributed by atoms with E-state index in [1.165, 1.54) is 0 Å². The minimum Gasteiger partial charge on any atom is -0.361 e. The van der Waals surface area contributed by atoms with Crippen molar-refractivity contribution in [3.8, 4) is 0 Å². The van der Waals surface area contributed by atoms with Crippen molar-refractivity contribution in [2.24, 2.45) is 0 Å². The van der Waals surface area contributed by atoms with E-state index >= 15 is 0 Å². The number of rotatable bonds is 4. The fourth-order valence-electron chi connectivity index (χ4n) is 3.29. The number of carbonyl (C=O) groups excluding carboxylic acids is 1. The Bertz CT molecular complexity index is 721. The maximum absolute atomic E-state index is 12.8. The molecule has 0 spiro atoms. The Morgan fingerprint density at radius 3 is 2.72 bits per heavy atom. The van der Waals surface area contributed by atoms with Crippen LogP contribution in [0.1, 0.15) is 55.0 Å². The van der Waals surface area contributed by atoms with Gasteiger partial charge in [-0.15, -0.1) is 10.2 Å². The molecule has 7 nitrogen and oxygen atoms in total. The first-order valence-electron chi connectivity index (χ1n) is 8.80. The van der Waals surface area contributed by atoms with Gasteiger partial charge in [-0.25, -0.2) is 4.98 Å². The molecule has 0 unspecified atom stereocenters. The molecule has 1 saturated heterocycles. The third kappa shape index (κ3) is 3.65. The van der Waals surface area contributed by atoms with Crippen LogP contribution in [0.3, 0.4) is 0 Å². The van der Waals surface area contributed by atoms with E-state index in [1.807, 2.05) is 42.4 Å². The molecule has 0 saturated carbocycles. The molecule has 1 atom stereocenters. The van der Waals surface area contributed by atoms with Gasteiger partial charge < -0.3 is 14.4 Å². The van der Waals surface area contributed by atoms with E-state index in [1.54, 1.807) is 6.07 Å². The van der Waals surface area contributed by atoms with E-state index in [9.17, 15) is 4.79 Å². The van der Waals surface area contributed by atoms with Crippen LogP contribution < -0.4 is 4.90 Å². The number of imidazole rings is 1. The summed E-state index contributed by atoms with van der Waals surface area (Å²) in [5.74, 6) is 2.14. The summed E-state index contributed by atoms with van der Waals surface area (Å²) in [5.41, 5.74) is 0.404. The Kier molecular flexibility index (Phi) is 5.01. The van der Waals surface area contributed by atoms with Crippen LogP contribution in [-0.2, 0) is 0 Å². The van der Waals surface area contributed by atoms with Gasteiger partial charge in [-0.3, -0.25) is 4.79 Å². The van der Waals surface area contributed by atoms with E-state index in [0.717, 1.165) is 31.0 Å². The number of anilines is 1. The molecule has 2 aromatic heterocycles. The number of hydrogen-bond donors (Lipinski definition) is 0. The average molecular weight is 342 g/mol. The average Bonchev–Trinajstić information content (AvgIpc) is 3.11. The summed E-state index contributed by atoms with van der Waals surface area (Å²) < 4.78 is 2.23. The second-order valence-electron chi connectivity index (χ2n) is 7.07. The number of aromatic nitrogens is 4. The fraction of sp³-hybridized carbons (Fsp3) is 0.556. The highest BCUT2D eigenvalue weighted by Gasteiger charge is 2.27. The van der Waals surface area contributed by atoms with Gasteiger partial charge in [0.1, 0.15) is 5.82 Å². The smallest absolute Gasteiger partial charge is 0.274 e. The molecule has 2 aromatic rings. The monoisotopic (exact) mass is 342 g/mol. The number of amides is 1. The second-order valence-corrected chi connectivity index (χ2v) is 7.07. The summed E-state index contributed by atoms with van der Waals surface area (Å²) in [6, 6.07) is 3.85. The van der Waals surface area contributed by atoms with Crippen LogP contribution in [0, 0.1) is 0 Å². The van der Waals surface area contributed by atoms with Crippen molar-refractivity contribution in [1.29, 1.82) is 0 Å². The number of nitrogens with zero attached hydrogens (tertiary/aromatic N) is 6. The van der Waals surface area contributed by atoms with E-state index in [-0.39, 0.29) is 11.9 Å². The minimum absolute atomic E-state index is 0.0475. The summed E-state index contributed by atoms with van der Waals surface area (Å²) in [5, 5.41) is 8.22. The molecule has 7 heteroatoms. The molecule has 1 aliphatic rings. The Hall–Kier alpha value is -2.44. The molecule has 0 radical (unpaired) electrons. The van der Waals surface area contributed by atoms with Crippen molar-refractivity contribution < 1.29 is 4.79 Å². The lowest BCUT2D eigenvalue weighted by atomic mass is 10.0. The van der Waals surface area contributed by atoms with Crippen LogP contribution in [-0.4, -0.2) is 57.7 Å². The molecule has 0 N–H and O–H groups in total. The molecule has 3 heterocycles. The predicted octanol–water partition coefficient (Wildman–Crippen LogP) is 2.34. The van der Waals surface area contributed by atoms with Crippen LogP contribution in [0.15, 0.2) is 24.5 Å². The van der Waals surface area contributed by atoms with Crippen LogP contribution in [0.2, 0.25) is 0 Å². The lowest BCUT2D eigenvalue weighted by Crippen LogP contribution is -2.41. The molecule has 3 rings (SSSR count). The van der Waals surface area contributed by atoms with E-state index in [2.05, 4.69) is 33.6 Å². The van der Waals surface area contributed by atoms with Gasteiger partial charge in [0.25, 0.3) is 5.91 Å². The highest BCUT2D eigenvalue weighted by Crippen LogP contribution is 2.26. The molecule has 1 aliphatic heterocycles. The Labute approximate surface area is 148 Å². The van der Waals surface area contributed by atoms with Crippen molar-refractivity contribution in [2.75, 3.05) is 32.1 Å². The first kappa shape index (κ1) is 17.4. The standard InChI is InChI=1S/C18H26N6O/c1-13(2)17-19-9-11-24(17)14-6-5-10-23(12-14)18(25)15-7-8-16(21-20-15)22(3)4/h7-9,11,13-14H,5-6,10,12H2,1-4H3/t14-/m1/s1. The molecule has 0 bridgehead atoms. The number of piperidine rings is 1. The Morgan fingerprint density at radius 2 is 2.08 bits per heavy atom. The van der Waals surface area contributed by atoms with Crippen molar-refractivity contribution in [3.63, 3.8) is 0 Å². The van der Waals surface area contributed by atoms with Gasteiger partial charge in [-0.2, -0.15) is 0 Å². The van der Waals surface area contributed by atoms with Crippen LogP contribution in [0.4, 0.5) is 5.82 Å². The predicted molar refractivity (Wildman–Crippen MR) is 96.8 cm³/mol. The van der Waals surface area contributed by atoms with Crippen molar-refractivity contribution in [2.45, 2.75) is 38.6 Å². The van der Waals surface area contributed by atoms with Gasteiger partial charge in [0.2, 0.25) is 0 Å². The summed E-state index contributed by atoms with van der Waals surface area (Å²) in [7, 11) is 3.80. The maximum atomic E-state index is 12.8. The summed E-state index contributed by atoms with van der Waals surface area (Å²) >= 11 is 0. The van der Waals surface area contributed by atoms with Gasteiger partial charge in [-0.1, -0.05) is 13.8 Å². The van der Waals surface area contributed by atoms with Gasteiger partial charge in [0.05, 0.1) is 6.04 Å². The van der Waals surface area contributed by atoms with Crippen LogP contribution >= 0.6 is 0 Å². The van der Waals surface area contributed by atoms with E-state index in [0.29, 0.717) is 18.2 Å². The molecule has 1 amide bonds. The van der Waals surface area contributed by atoms with Gasteiger partial charge in [0, 0.05) is 45.5 Å². The van der Waals surface area contributed by atoms with Gasteiger partial charge >= 0.3 is 0 Å². The quantitative estimate of drug-likeness (QED) is 0.853. The first-order valence-corrected chi connectivity index (χ1v) is 8.80. The molecule has 134 valence electrons. The topological polar surface area (TPSA) is 67.2 Å². The fourth-order valence-corrected chi connectivity index (χ4v) is 3.29. The van der Waals surface area contributed by atoms with Gasteiger partial charge in [0.15, 0.2) is 11.5 Å². The lowest BCUT2D eigenvalue weighted by molar-refractivity contribution is 0.0670. The SMILES string of the molecule is CC(C)c1nccn1[C@@H]1CCCN(C(=O)c2ccc(N(C)C)nn2)C1. The van der Waals surface area contributed by atoms with Crippen LogP contribution in [0.5, 0.6) is 0 Å². The largest absolute Gasteiger partial charge is 0.361 e. The zero-order valence-corrected chi connectivity index (χ0v) is 15.4. The van der Waals surface area contributed by atoms with E-state index < -0.39 is 0 Å². The Morgan fingerprint density at radius 1 is 1.28 bits per heavy atom. The maximum Gasteiger partial charge on any atom is 0.274 e. The van der Waals surface area contributed by atoms with Crippen molar-refractivity contribution in [1.82, 2.24) is 24.6 Å². The van der Waals surface area contributed by atoms with Gasteiger partial charge in [-0.05, 0) is 25.0 Å². The zero-order valence-electron chi connectivity index (χ0n) is 15.4. The minimum atomic E-state index is -0.0475. The van der Waals surface area contributed by atoms with Crippen LogP contribution in [0.25, 0.3) is 0 Å². The summed E-state index contributed by atoms with van der Waals surface area (Å²) in [6.07, 6.45) is 5.92.